The van der Waals surface area contributed by atoms with Gasteiger partial charge in [-0.2, -0.15) is 0 Å². The summed E-state index contributed by atoms with van der Waals surface area (Å²) < 4.78 is 6.33. The highest BCUT2D eigenvalue weighted by Crippen LogP contribution is 2.46. The smallest absolute Gasteiger partial charge is 0.308 e. The van der Waals surface area contributed by atoms with Crippen LogP contribution in [0.1, 0.15) is 69.8 Å². The molecule has 2 fully saturated rings. The van der Waals surface area contributed by atoms with E-state index in [1.807, 2.05) is 18.3 Å². The number of carbonyl (C=O) groups excluding carboxylic acids is 1. The van der Waals surface area contributed by atoms with E-state index in [0.29, 0.717) is 23.4 Å². The number of aromatic amines is 1. The predicted molar refractivity (Wildman–Crippen MR) is 133 cm³/mol. The van der Waals surface area contributed by atoms with Crippen molar-refractivity contribution in [1.29, 1.82) is 0 Å². The zero-order chi connectivity index (χ0) is 24.2. The highest BCUT2D eigenvalue weighted by molar-refractivity contribution is 5.97. The molecule has 0 amide bonds. The van der Waals surface area contributed by atoms with Gasteiger partial charge in [0.25, 0.3) is 0 Å². The fourth-order valence-corrected chi connectivity index (χ4v) is 6.26. The molecule has 2 aliphatic carbocycles. The Morgan fingerprint density at radius 1 is 1.24 bits per heavy atom. The number of carboxylic acid groups (broad SMARTS) is 1. The molecule has 184 valence electrons. The molecule has 2 N–H and O–H groups in total. The van der Waals surface area contributed by atoms with Gasteiger partial charge in [-0.15, -0.1) is 0 Å². The molecule has 2 heterocycles. The van der Waals surface area contributed by atoms with Crippen molar-refractivity contribution in [1.82, 2.24) is 4.98 Å². The predicted octanol–water partition coefficient (Wildman–Crippen LogP) is 6.21. The third-order valence-corrected chi connectivity index (χ3v) is 8.36. The summed E-state index contributed by atoms with van der Waals surface area (Å²) in [5, 5.41) is 9.43. The van der Waals surface area contributed by atoms with Crippen LogP contribution in [0.25, 0.3) is 0 Å². The Bertz CT molecular complexity index is 943. The average Bonchev–Trinajstić information content (AvgIpc) is 3.53. The second-order valence-electron chi connectivity index (χ2n) is 10.5. The van der Waals surface area contributed by atoms with Gasteiger partial charge in [-0.05, 0) is 74.5 Å². The summed E-state index contributed by atoms with van der Waals surface area (Å²) in [4.78, 5) is 28.0. The second kappa shape index (κ2) is 10.9. The normalized spacial score (nSPS) is 34.8. The van der Waals surface area contributed by atoms with Crippen molar-refractivity contribution in [3.8, 4) is 0 Å². The Hall–Kier alpha value is -2.40. The van der Waals surface area contributed by atoms with Gasteiger partial charge >= 0.3 is 5.97 Å². The zero-order valence-corrected chi connectivity index (χ0v) is 20.7. The van der Waals surface area contributed by atoms with E-state index < -0.39 is 11.9 Å². The molecule has 0 aromatic carbocycles. The molecular weight excluding hydrogens is 426 g/mol. The van der Waals surface area contributed by atoms with E-state index in [1.165, 1.54) is 18.4 Å². The van der Waals surface area contributed by atoms with Crippen LogP contribution in [0.4, 0.5) is 0 Å². The number of H-pyrrole nitrogens is 1. The van der Waals surface area contributed by atoms with Crippen LogP contribution in [-0.4, -0.2) is 34.1 Å². The molecule has 34 heavy (non-hydrogen) atoms. The molecule has 8 atom stereocenters. The lowest BCUT2D eigenvalue weighted by Crippen LogP contribution is -2.40. The number of ether oxygens (including phenoxy) is 1. The van der Waals surface area contributed by atoms with Crippen LogP contribution >= 0.6 is 0 Å². The SMILES string of the molecule is CC/C(=C\C=C\[C@H]1C=CC2CCCC2[C@@H]1C(=O)c1ccc[nH]1)[C@@H]1OC([C@@H](C)C(=O)O)CC[C@@H]1C. The Balaban J connectivity index is 1.53. The maximum absolute atomic E-state index is 13.4. The number of carbonyl (C=O) groups is 2. The summed E-state index contributed by atoms with van der Waals surface area (Å²) >= 11 is 0. The highest BCUT2D eigenvalue weighted by Gasteiger charge is 2.42. The van der Waals surface area contributed by atoms with Gasteiger partial charge < -0.3 is 14.8 Å². The first-order chi connectivity index (χ1) is 16.4. The fraction of sp³-hybridized carbons (Fsp3) is 0.586. The van der Waals surface area contributed by atoms with E-state index >= 15 is 0 Å². The van der Waals surface area contributed by atoms with E-state index in [0.717, 1.165) is 25.7 Å². The minimum absolute atomic E-state index is 0.0310. The summed E-state index contributed by atoms with van der Waals surface area (Å²) in [5.41, 5.74) is 1.90. The van der Waals surface area contributed by atoms with E-state index in [1.54, 1.807) is 6.92 Å². The molecule has 0 spiro atoms. The van der Waals surface area contributed by atoms with Crippen LogP contribution in [0.5, 0.6) is 0 Å². The van der Waals surface area contributed by atoms with Crippen LogP contribution in [0.15, 0.2) is 54.3 Å². The van der Waals surface area contributed by atoms with Gasteiger partial charge in [0.1, 0.15) is 0 Å². The molecule has 1 aromatic rings. The molecule has 1 saturated carbocycles. The van der Waals surface area contributed by atoms with Gasteiger partial charge in [-0.3, -0.25) is 9.59 Å². The first-order valence-corrected chi connectivity index (χ1v) is 13.0. The number of hydrogen-bond acceptors (Lipinski definition) is 3. The van der Waals surface area contributed by atoms with Crippen molar-refractivity contribution in [2.45, 2.75) is 71.5 Å². The molecule has 0 bridgehead atoms. The Morgan fingerprint density at radius 3 is 2.76 bits per heavy atom. The molecule has 5 nitrogen and oxygen atoms in total. The monoisotopic (exact) mass is 465 g/mol. The van der Waals surface area contributed by atoms with Crippen molar-refractivity contribution in [2.24, 2.45) is 35.5 Å². The highest BCUT2D eigenvalue weighted by atomic mass is 16.5. The molecule has 1 aliphatic heterocycles. The summed E-state index contributed by atoms with van der Waals surface area (Å²) in [6, 6.07) is 3.78. The van der Waals surface area contributed by atoms with Crippen LogP contribution in [-0.2, 0) is 9.53 Å². The maximum atomic E-state index is 13.4. The van der Waals surface area contributed by atoms with Gasteiger partial charge in [0.15, 0.2) is 5.78 Å². The Labute approximate surface area is 203 Å². The summed E-state index contributed by atoms with van der Waals surface area (Å²) in [6.07, 6.45) is 18.6. The number of carboxylic acids is 1. The van der Waals surface area contributed by atoms with Crippen molar-refractivity contribution >= 4 is 11.8 Å². The van der Waals surface area contributed by atoms with Crippen molar-refractivity contribution < 1.29 is 19.4 Å². The zero-order valence-electron chi connectivity index (χ0n) is 20.7. The lowest BCUT2D eigenvalue weighted by molar-refractivity contribution is -0.152. The molecule has 0 radical (unpaired) electrons. The quantitative estimate of drug-likeness (QED) is 0.272. The van der Waals surface area contributed by atoms with Gasteiger partial charge in [-0.1, -0.05) is 50.6 Å². The molecule has 3 unspecified atom stereocenters. The molecule has 1 saturated heterocycles. The van der Waals surface area contributed by atoms with E-state index in [4.69, 9.17) is 4.74 Å². The molecule has 5 heteroatoms. The maximum Gasteiger partial charge on any atom is 0.308 e. The van der Waals surface area contributed by atoms with Crippen molar-refractivity contribution in [2.75, 3.05) is 0 Å². The van der Waals surface area contributed by atoms with Gasteiger partial charge in [0, 0.05) is 18.0 Å². The molecule has 4 rings (SSSR count). The molecule has 1 aromatic heterocycles. The number of aromatic nitrogens is 1. The largest absolute Gasteiger partial charge is 0.481 e. The second-order valence-corrected chi connectivity index (χ2v) is 10.5. The van der Waals surface area contributed by atoms with E-state index in [-0.39, 0.29) is 29.8 Å². The Morgan fingerprint density at radius 2 is 2.06 bits per heavy atom. The fourth-order valence-electron chi connectivity index (χ4n) is 6.26. The van der Waals surface area contributed by atoms with Gasteiger partial charge in [0.05, 0.1) is 23.8 Å². The number of rotatable bonds is 8. The molecule has 3 aliphatic rings. The van der Waals surface area contributed by atoms with Crippen molar-refractivity contribution in [3.05, 3.63) is 60.0 Å². The van der Waals surface area contributed by atoms with Crippen LogP contribution < -0.4 is 0 Å². The number of Topliss-reactive ketones (excluding diaryl/α,β-unsaturated/α-hetero) is 1. The van der Waals surface area contributed by atoms with Crippen molar-refractivity contribution in [3.63, 3.8) is 0 Å². The number of nitrogens with one attached hydrogen (secondary N) is 1. The summed E-state index contributed by atoms with van der Waals surface area (Å²) in [6.45, 7) is 6.05. The third kappa shape index (κ3) is 5.14. The lowest BCUT2D eigenvalue weighted by atomic mass is 9.69. The van der Waals surface area contributed by atoms with Gasteiger partial charge in [0.2, 0.25) is 0 Å². The minimum atomic E-state index is -0.799. The van der Waals surface area contributed by atoms with Crippen LogP contribution in [0.3, 0.4) is 0 Å². The lowest BCUT2D eigenvalue weighted by Gasteiger charge is -2.37. The van der Waals surface area contributed by atoms with E-state index in [2.05, 4.69) is 49.2 Å². The third-order valence-electron chi connectivity index (χ3n) is 8.36. The topological polar surface area (TPSA) is 79.4 Å². The average molecular weight is 466 g/mol. The number of fused-ring (bicyclic) bond motifs is 1. The van der Waals surface area contributed by atoms with Crippen LogP contribution in [0.2, 0.25) is 0 Å². The number of aliphatic carboxylic acids is 1. The molecular formula is C29H39NO4. The Kier molecular flexibility index (Phi) is 7.92. The number of ketones is 1. The van der Waals surface area contributed by atoms with Crippen LogP contribution in [0, 0.1) is 35.5 Å². The number of allylic oxidation sites excluding steroid dienone is 5. The number of hydrogen-bond donors (Lipinski definition) is 2. The summed E-state index contributed by atoms with van der Waals surface area (Å²) in [5.74, 6) is 0.237. The van der Waals surface area contributed by atoms with Gasteiger partial charge in [-0.25, -0.2) is 0 Å². The summed E-state index contributed by atoms with van der Waals surface area (Å²) in [7, 11) is 0. The standard InChI is InChI=1S/C29H39NO4/c1-4-20(28-18(2)13-16-25(34-28)19(3)29(32)33)8-5-10-22-15-14-21-9-6-11-23(21)26(22)27(31)24-12-7-17-30-24/h5,7-8,10,12,14-15,17-19,21-23,25-26,28,30H,4,6,9,11,13,16H2,1-3H3,(H,32,33)/b10-5+,20-8+/t18-,19+,21?,22-,23?,25?,26+,28+/m0/s1. The first kappa shape index (κ1) is 24.7. The first-order valence-electron chi connectivity index (χ1n) is 13.0. The minimum Gasteiger partial charge on any atom is -0.481 e. The van der Waals surface area contributed by atoms with E-state index in [9.17, 15) is 14.7 Å².